The van der Waals surface area contributed by atoms with E-state index in [1.54, 1.807) is 0 Å². The van der Waals surface area contributed by atoms with Crippen molar-refractivity contribution in [1.29, 1.82) is 0 Å². The SMILES string of the molecule is C=CCN(c1cc(CNC(C)C)cc(CC)n1)C(C)C. The number of nitrogens with one attached hydrogen (secondary N) is 1. The van der Waals surface area contributed by atoms with E-state index in [1.165, 1.54) is 5.56 Å². The van der Waals surface area contributed by atoms with Crippen LogP contribution in [-0.4, -0.2) is 23.6 Å². The maximum absolute atomic E-state index is 4.77. The van der Waals surface area contributed by atoms with Gasteiger partial charge in [-0.1, -0.05) is 26.8 Å². The molecule has 3 heteroatoms. The zero-order valence-electron chi connectivity index (χ0n) is 13.6. The molecule has 1 N–H and O–H groups in total. The van der Waals surface area contributed by atoms with Crippen molar-refractivity contribution in [3.05, 3.63) is 36.0 Å². The van der Waals surface area contributed by atoms with Crippen LogP contribution in [0.15, 0.2) is 24.8 Å². The summed E-state index contributed by atoms with van der Waals surface area (Å²) in [5, 5.41) is 3.47. The molecule has 1 aromatic heterocycles. The van der Waals surface area contributed by atoms with E-state index in [2.05, 4.69) is 63.5 Å². The van der Waals surface area contributed by atoms with E-state index in [9.17, 15) is 0 Å². The Balaban J connectivity index is 3.04. The molecule has 0 radical (unpaired) electrons. The minimum atomic E-state index is 0.415. The number of aromatic nitrogens is 1. The Morgan fingerprint density at radius 3 is 2.50 bits per heavy atom. The van der Waals surface area contributed by atoms with E-state index in [0.29, 0.717) is 12.1 Å². The summed E-state index contributed by atoms with van der Waals surface area (Å²) < 4.78 is 0. The summed E-state index contributed by atoms with van der Waals surface area (Å²) in [6.45, 7) is 16.4. The molecule has 112 valence electrons. The number of anilines is 1. The van der Waals surface area contributed by atoms with E-state index >= 15 is 0 Å². The first-order valence-corrected chi connectivity index (χ1v) is 7.58. The van der Waals surface area contributed by atoms with Gasteiger partial charge in [-0.15, -0.1) is 6.58 Å². The second kappa shape index (κ2) is 8.05. The fourth-order valence-electron chi connectivity index (χ4n) is 2.09. The molecule has 0 amide bonds. The highest BCUT2D eigenvalue weighted by Crippen LogP contribution is 2.18. The zero-order chi connectivity index (χ0) is 15.1. The average molecular weight is 275 g/mol. The van der Waals surface area contributed by atoms with Crippen LogP contribution < -0.4 is 10.2 Å². The molecule has 0 saturated carbocycles. The second-order valence-corrected chi connectivity index (χ2v) is 5.75. The maximum Gasteiger partial charge on any atom is 0.129 e. The molecule has 0 saturated heterocycles. The number of pyridine rings is 1. The Bertz CT molecular complexity index is 424. The van der Waals surface area contributed by atoms with Gasteiger partial charge in [-0.25, -0.2) is 4.98 Å². The highest BCUT2D eigenvalue weighted by Gasteiger charge is 2.12. The normalized spacial score (nSPS) is 11.2. The molecular formula is C17H29N3. The summed E-state index contributed by atoms with van der Waals surface area (Å²) in [4.78, 5) is 7.05. The fraction of sp³-hybridized carbons (Fsp3) is 0.588. The van der Waals surface area contributed by atoms with Crippen molar-refractivity contribution in [2.45, 2.75) is 59.7 Å². The first-order valence-electron chi connectivity index (χ1n) is 7.58. The first kappa shape index (κ1) is 16.7. The summed E-state index contributed by atoms with van der Waals surface area (Å²) in [6.07, 6.45) is 2.90. The predicted molar refractivity (Wildman–Crippen MR) is 88.3 cm³/mol. The van der Waals surface area contributed by atoms with Crippen LogP contribution in [0.5, 0.6) is 0 Å². The van der Waals surface area contributed by atoms with Gasteiger partial charge in [0.25, 0.3) is 0 Å². The summed E-state index contributed by atoms with van der Waals surface area (Å²) in [7, 11) is 0. The van der Waals surface area contributed by atoms with E-state index < -0.39 is 0 Å². The molecule has 0 spiro atoms. The Kier molecular flexibility index (Phi) is 6.73. The van der Waals surface area contributed by atoms with Crippen molar-refractivity contribution in [3.8, 4) is 0 Å². The van der Waals surface area contributed by atoms with Crippen LogP contribution in [0.2, 0.25) is 0 Å². The molecule has 20 heavy (non-hydrogen) atoms. The molecule has 0 aromatic carbocycles. The van der Waals surface area contributed by atoms with Gasteiger partial charge < -0.3 is 10.2 Å². The third-order valence-electron chi connectivity index (χ3n) is 3.24. The van der Waals surface area contributed by atoms with Gasteiger partial charge in [0.05, 0.1) is 0 Å². The molecule has 0 atom stereocenters. The molecule has 0 fully saturated rings. The van der Waals surface area contributed by atoms with Crippen LogP contribution in [0.3, 0.4) is 0 Å². The summed E-state index contributed by atoms with van der Waals surface area (Å²) in [5.74, 6) is 1.06. The zero-order valence-corrected chi connectivity index (χ0v) is 13.6. The average Bonchev–Trinajstić information content (AvgIpc) is 2.41. The molecule has 0 bridgehead atoms. The summed E-state index contributed by atoms with van der Waals surface area (Å²) in [5.41, 5.74) is 2.45. The van der Waals surface area contributed by atoms with E-state index in [4.69, 9.17) is 4.98 Å². The quantitative estimate of drug-likeness (QED) is 0.736. The second-order valence-electron chi connectivity index (χ2n) is 5.75. The Labute approximate surface area is 124 Å². The van der Waals surface area contributed by atoms with Crippen LogP contribution in [0.25, 0.3) is 0 Å². The standard InChI is InChI=1S/C17H29N3/c1-7-9-20(14(5)6)17-11-15(12-18-13(3)4)10-16(8-2)19-17/h7,10-11,13-14,18H,1,8-9,12H2,2-6H3. The molecule has 1 rings (SSSR count). The molecular weight excluding hydrogens is 246 g/mol. The van der Waals surface area contributed by atoms with E-state index in [0.717, 1.165) is 31.0 Å². The van der Waals surface area contributed by atoms with Gasteiger partial charge in [0.2, 0.25) is 0 Å². The molecule has 3 nitrogen and oxygen atoms in total. The van der Waals surface area contributed by atoms with Gasteiger partial charge in [-0.2, -0.15) is 0 Å². The van der Waals surface area contributed by atoms with Crippen LogP contribution in [-0.2, 0) is 13.0 Å². The van der Waals surface area contributed by atoms with Crippen molar-refractivity contribution in [1.82, 2.24) is 10.3 Å². The highest BCUT2D eigenvalue weighted by molar-refractivity contribution is 5.44. The summed E-state index contributed by atoms with van der Waals surface area (Å²) >= 11 is 0. The van der Waals surface area contributed by atoms with Crippen molar-refractivity contribution in [2.24, 2.45) is 0 Å². The number of hydrogen-bond donors (Lipinski definition) is 1. The molecule has 0 unspecified atom stereocenters. The lowest BCUT2D eigenvalue weighted by Gasteiger charge is -2.27. The number of aryl methyl sites for hydroxylation is 1. The number of hydrogen-bond acceptors (Lipinski definition) is 3. The van der Waals surface area contributed by atoms with Crippen molar-refractivity contribution < 1.29 is 0 Å². The van der Waals surface area contributed by atoms with Gasteiger partial charge >= 0.3 is 0 Å². The third kappa shape index (κ3) is 4.97. The molecule has 1 heterocycles. The van der Waals surface area contributed by atoms with Gasteiger partial charge in [0.1, 0.15) is 5.82 Å². The Morgan fingerprint density at radius 1 is 1.30 bits per heavy atom. The van der Waals surface area contributed by atoms with E-state index in [-0.39, 0.29) is 0 Å². The van der Waals surface area contributed by atoms with Crippen LogP contribution in [0.4, 0.5) is 5.82 Å². The fourth-order valence-corrected chi connectivity index (χ4v) is 2.09. The van der Waals surface area contributed by atoms with Crippen molar-refractivity contribution >= 4 is 5.82 Å². The minimum absolute atomic E-state index is 0.415. The monoisotopic (exact) mass is 275 g/mol. The van der Waals surface area contributed by atoms with Gasteiger partial charge in [0.15, 0.2) is 0 Å². The Morgan fingerprint density at radius 2 is 2.00 bits per heavy atom. The van der Waals surface area contributed by atoms with Crippen LogP contribution >= 0.6 is 0 Å². The largest absolute Gasteiger partial charge is 0.350 e. The lowest BCUT2D eigenvalue weighted by molar-refractivity contribution is 0.587. The smallest absolute Gasteiger partial charge is 0.129 e. The minimum Gasteiger partial charge on any atom is -0.350 e. The lowest BCUT2D eigenvalue weighted by atomic mass is 10.1. The first-order chi connectivity index (χ1) is 9.47. The number of nitrogens with zero attached hydrogens (tertiary/aromatic N) is 2. The highest BCUT2D eigenvalue weighted by atomic mass is 15.2. The predicted octanol–water partition coefficient (Wildman–Crippen LogP) is 3.54. The summed E-state index contributed by atoms with van der Waals surface area (Å²) in [6, 6.07) is 5.30. The van der Waals surface area contributed by atoms with Crippen molar-refractivity contribution in [2.75, 3.05) is 11.4 Å². The Hall–Kier alpha value is -1.35. The lowest BCUT2D eigenvalue weighted by Crippen LogP contribution is -2.32. The van der Waals surface area contributed by atoms with Crippen molar-refractivity contribution in [3.63, 3.8) is 0 Å². The van der Waals surface area contributed by atoms with E-state index in [1.807, 2.05) is 6.08 Å². The van der Waals surface area contributed by atoms with Crippen LogP contribution in [0, 0.1) is 0 Å². The molecule has 0 aliphatic carbocycles. The van der Waals surface area contributed by atoms with Gasteiger partial charge in [-0.05, 0) is 38.0 Å². The topological polar surface area (TPSA) is 28.2 Å². The van der Waals surface area contributed by atoms with Crippen LogP contribution in [0.1, 0.15) is 45.9 Å². The molecule has 0 aliphatic heterocycles. The number of rotatable bonds is 8. The molecule has 0 aliphatic rings. The van der Waals surface area contributed by atoms with Gasteiger partial charge in [-0.3, -0.25) is 0 Å². The van der Waals surface area contributed by atoms with Gasteiger partial charge in [0, 0.05) is 30.9 Å². The molecule has 1 aromatic rings. The maximum atomic E-state index is 4.77. The third-order valence-corrected chi connectivity index (χ3v) is 3.24.